The lowest BCUT2D eigenvalue weighted by atomic mass is 10.0. The van der Waals surface area contributed by atoms with Gasteiger partial charge in [-0.05, 0) is 54.0 Å². The molecule has 2 nitrogen and oxygen atoms in total. The van der Waals surface area contributed by atoms with Gasteiger partial charge in [0.2, 0.25) is 0 Å². The van der Waals surface area contributed by atoms with Crippen LogP contribution in [0.15, 0.2) is 40.2 Å². The van der Waals surface area contributed by atoms with Crippen molar-refractivity contribution in [3.8, 4) is 0 Å². The van der Waals surface area contributed by atoms with Gasteiger partial charge in [-0.2, -0.15) is 0 Å². The molecule has 1 aromatic heterocycles. The molecule has 0 saturated carbocycles. The van der Waals surface area contributed by atoms with E-state index in [2.05, 4.69) is 78.1 Å². The summed E-state index contributed by atoms with van der Waals surface area (Å²) in [5.74, 6) is 0. The van der Waals surface area contributed by atoms with Crippen LogP contribution in [0.4, 0.5) is 0 Å². The van der Waals surface area contributed by atoms with E-state index in [0.29, 0.717) is 0 Å². The quantitative estimate of drug-likeness (QED) is 0.800. The molecule has 0 aliphatic carbocycles. The fourth-order valence-electron chi connectivity index (χ4n) is 2.55. The van der Waals surface area contributed by atoms with Gasteiger partial charge >= 0.3 is 0 Å². The van der Waals surface area contributed by atoms with Crippen LogP contribution in [0.25, 0.3) is 0 Å². The molecule has 4 heteroatoms. The predicted octanol–water partition coefficient (Wildman–Crippen LogP) is 4.73. The first-order valence-corrected chi connectivity index (χ1v) is 8.88. The van der Waals surface area contributed by atoms with Gasteiger partial charge in [0.25, 0.3) is 0 Å². The second-order valence-corrected chi connectivity index (χ2v) is 8.05. The highest BCUT2D eigenvalue weighted by molar-refractivity contribution is 9.11. The number of nitrogens with zero attached hydrogens (tertiary/aromatic N) is 1. The van der Waals surface area contributed by atoms with E-state index in [0.717, 1.165) is 16.8 Å². The van der Waals surface area contributed by atoms with Crippen molar-refractivity contribution in [1.82, 2.24) is 4.90 Å². The Labute approximate surface area is 140 Å². The summed E-state index contributed by atoms with van der Waals surface area (Å²) in [6, 6.07) is 13.4. The van der Waals surface area contributed by atoms with Crippen LogP contribution in [0, 0.1) is 6.92 Å². The van der Waals surface area contributed by atoms with Gasteiger partial charge in [-0.25, -0.2) is 0 Å². The van der Waals surface area contributed by atoms with Crippen LogP contribution >= 0.6 is 27.3 Å². The third-order valence-electron chi connectivity index (χ3n) is 3.79. The zero-order valence-corrected chi connectivity index (χ0v) is 15.2. The second-order valence-electron chi connectivity index (χ2n) is 5.56. The van der Waals surface area contributed by atoms with Crippen molar-refractivity contribution in [3.63, 3.8) is 0 Å². The smallest absolute Gasteiger partial charge is 0.0702 e. The third kappa shape index (κ3) is 4.39. The Morgan fingerprint density at radius 2 is 1.86 bits per heavy atom. The van der Waals surface area contributed by atoms with Crippen molar-refractivity contribution in [3.05, 3.63) is 56.2 Å². The summed E-state index contributed by atoms with van der Waals surface area (Å²) in [7, 11) is 2.16. The van der Waals surface area contributed by atoms with Gasteiger partial charge in [-0.1, -0.05) is 36.8 Å². The molecular formula is C17H23BrN2S. The van der Waals surface area contributed by atoms with Gasteiger partial charge in [-0.15, -0.1) is 11.3 Å². The molecule has 0 spiro atoms. The predicted molar refractivity (Wildman–Crippen MR) is 95.7 cm³/mol. The largest absolute Gasteiger partial charge is 0.326 e. The van der Waals surface area contributed by atoms with Gasteiger partial charge in [0.05, 0.1) is 9.83 Å². The second kappa shape index (κ2) is 7.54. The SMILES string of the molecule is CCC(N)C(c1ccc(Br)s1)N(C)Cc1ccc(C)cc1. The molecule has 0 amide bonds. The minimum atomic E-state index is 0.144. The molecule has 1 heterocycles. The molecular weight excluding hydrogens is 344 g/mol. The number of hydrogen-bond acceptors (Lipinski definition) is 3. The zero-order chi connectivity index (χ0) is 15.4. The summed E-state index contributed by atoms with van der Waals surface area (Å²) < 4.78 is 1.16. The monoisotopic (exact) mass is 366 g/mol. The highest BCUT2D eigenvalue weighted by Gasteiger charge is 2.24. The first-order chi connectivity index (χ1) is 10.0. The van der Waals surface area contributed by atoms with Crippen LogP contribution in [-0.2, 0) is 6.54 Å². The van der Waals surface area contributed by atoms with E-state index in [-0.39, 0.29) is 12.1 Å². The molecule has 0 fully saturated rings. The van der Waals surface area contributed by atoms with Crippen LogP contribution < -0.4 is 5.73 Å². The van der Waals surface area contributed by atoms with Crippen molar-refractivity contribution < 1.29 is 0 Å². The highest BCUT2D eigenvalue weighted by atomic mass is 79.9. The van der Waals surface area contributed by atoms with E-state index >= 15 is 0 Å². The van der Waals surface area contributed by atoms with Gasteiger partial charge < -0.3 is 5.73 Å². The first kappa shape index (κ1) is 16.7. The van der Waals surface area contributed by atoms with Crippen molar-refractivity contribution in [2.24, 2.45) is 5.73 Å². The molecule has 114 valence electrons. The summed E-state index contributed by atoms with van der Waals surface area (Å²) in [6.45, 7) is 5.18. The number of hydrogen-bond donors (Lipinski definition) is 1. The van der Waals surface area contributed by atoms with Crippen molar-refractivity contribution in [2.45, 2.75) is 38.9 Å². The van der Waals surface area contributed by atoms with Crippen LogP contribution in [0.2, 0.25) is 0 Å². The van der Waals surface area contributed by atoms with E-state index in [1.165, 1.54) is 16.0 Å². The fraction of sp³-hybridized carbons (Fsp3) is 0.412. The number of aryl methyl sites for hydroxylation is 1. The molecule has 0 saturated heterocycles. The standard InChI is InChI=1S/C17H23BrN2S/c1-4-14(19)17(15-9-10-16(18)21-15)20(3)11-13-7-5-12(2)6-8-13/h5-10,14,17H,4,11,19H2,1-3H3. The maximum Gasteiger partial charge on any atom is 0.0702 e. The average molecular weight is 367 g/mol. The maximum atomic E-state index is 6.39. The highest BCUT2D eigenvalue weighted by Crippen LogP contribution is 2.33. The van der Waals surface area contributed by atoms with E-state index in [1.54, 1.807) is 11.3 Å². The number of nitrogens with two attached hydrogens (primary N) is 1. The Kier molecular flexibility index (Phi) is 5.99. The van der Waals surface area contributed by atoms with Crippen molar-refractivity contribution in [1.29, 1.82) is 0 Å². The Hall–Kier alpha value is -0.680. The molecule has 0 radical (unpaired) electrons. The van der Waals surface area contributed by atoms with Gasteiger partial charge in [0, 0.05) is 17.5 Å². The molecule has 2 unspecified atom stereocenters. The number of halogens is 1. The Morgan fingerprint density at radius 1 is 1.19 bits per heavy atom. The summed E-state index contributed by atoms with van der Waals surface area (Å²) in [6.07, 6.45) is 0.971. The molecule has 2 atom stereocenters. The topological polar surface area (TPSA) is 29.3 Å². The number of thiophene rings is 1. The third-order valence-corrected chi connectivity index (χ3v) is 5.48. The minimum Gasteiger partial charge on any atom is -0.326 e. The van der Waals surface area contributed by atoms with Gasteiger partial charge in [-0.3, -0.25) is 4.90 Å². The maximum absolute atomic E-state index is 6.39. The Bertz CT molecular complexity index is 564. The van der Waals surface area contributed by atoms with Gasteiger partial charge in [0.15, 0.2) is 0 Å². The van der Waals surface area contributed by atoms with E-state index in [1.807, 2.05) is 0 Å². The van der Waals surface area contributed by atoms with Crippen molar-refractivity contribution >= 4 is 27.3 Å². The normalized spacial score (nSPS) is 14.4. The molecule has 0 bridgehead atoms. The molecule has 0 aliphatic rings. The number of likely N-dealkylation sites (N-methyl/N-ethyl adjacent to an activating group) is 1. The van der Waals surface area contributed by atoms with Crippen LogP contribution in [0.1, 0.15) is 35.4 Å². The fourth-order valence-corrected chi connectivity index (χ4v) is 4.21. The van der Waals surface area contributed by atoms with E-state index < -0.39 is 0 Å². The summed E-state index contributed by atoms with van der Waals surface area (Å²) in [5, 5.41) is 0. The van der Waals surface area contributed by atoms with Gasteiger partial charge in [0.1, 0.15) is 0 Å². The van der Waals surface area contributed by atoms with Crippen LogP contribution in [0.3, 0.4) is 0 Å². The number of benzene rings is 1. The summed E-state index contributed by atoms with van der Waals surface area (Å²) in [5.41, 5.74) is 9.01. The zero-order valence-electron chi connectivity index (χ0n) is 12.8. The molecule has 2 N–H and O–H groups in total. The average Bonchev–Trinajstić information content (AvgIpc) is 2.87. The lowest BCUT2D eigenvalue weighted by molar-refractivity contribution is 0.205. The van der Waals surface area contributed by atoms with E-state index in [9.17, 15) is 0 Å². The first-order valence-electron chi connectivity index (χ1n) is 7.28. The van der Waals surface area contributed by atoms with Crippen LogP contribution in [0.5, 0.6) is 0 Å². The van der Waals surface area contributed by atoms with Crippen molar-refractivity contribution in [2.75, 3.05) is 7.05 Å². The number of rotatable bonds is 6. The lowest BCUT2D eigenvalue weighted by Crippen LogP contribution is -2.38. The van der Waals surface area contributed by atoms with E-state index in [4.69, 9.17) is 5.73 Å². The lowest BCUT2D eigenvalue weighted by Gasteiger charge is -2.31. The minimum absolute atomic E-state index is 0.144. The van der Waals surface area contributed by atoms with Crippen LogP contribution in [-0.4, -0.2) is 18.0 Å². The Morgan fingerprint density at radius 3 is 2.38 bits per heavy atom. The Balaban J connectivity index is 2.18. The molecule has 1 aromatic carbocycles. The molecule has 2 rings (SSSR count). The molecule has 2 aromatic rings. The molecule has 0 aliphatic heterocycles. The molecule has 21 heavy (non-hydrogen) atoms. The summed E-state index contributed by atoms with van der Waals surface area (Å²) >= 11 is 5.33. The summed E-state index contributed by atoms with van der Waals surface area (Å²) in [4.78, 5) is 3.68.